The van der Waals surface area contributed by atoms with E-state index in [-0.39, 0.29) is 11.1 Å². The Hall–Kier alpha value is -3.81. The molecule has 0 aliphatic rings. The van der Waals surface area contributed by atoms with E-state index < -0.39 is 11.7 Å². The molecular weight excluding hydrogens is 361 g/mol. The molecule has 0 fully saturated rings. The number of halogens is 1. The lowest BCUT2D eigenvalue weighted by Gasteiger charge is -2.07. The van der Waals surface area contributed by atoms with Gasteiger partial charge in [0.15, 0.2) is 0 Å². The Bertz CT molecular complexity index is 1160. The van der Waals surface area contributed by atoms with E-state index in [1.807, 2.05) is 24.3 Å². The van der Waals surface area contributed by atoms with Crippen LogP contribution < -0.4 is 10.9 Å². The maximum atomic E-state index is 14.0. The number of hydrogen-bond acceptors (Lipinski definition) is 4. The van der Waals surface area contributed by atoms with E-state index >= 15 is 0 Å². The molecule has 1 amide bonds. The van der Waals surface area contributed by atoms with Crippen molar-refractivity contribution in [3.8, 4) is 11.3 Å². The van der Waals surface area contributed by atoms with Gasteiger partial charge in [-0.2, -0.15) is 5.10 Å². The highest BCUT2D eigenvalue weighted by Gasteiger charge is 2.11. The van der Waals surface area contributed by atoms with Gasteiger partial charge in [0.05, 0.1) is 16.7 Å². The van der Waals surface area contributed by atoms with Crippen molar-refractivity contribution in [1.82, 2.24) is 25.5 Å². The first kappa shape index (κ1) is 17.6. The van der Waals surface area contributed by atoms with Crippen LogP contribution in [0.5, 0.6) is 0 Å². The van der Waals surface area contributed by atoms with E-state index in [4.69, 9.17) is 0 Å². The number of benzene rings is 2. The molecule has 7 nitrogen and oxygen atoms in total. The lowest BCUT2D eigenvalue weighted by molar-refractivity contribution is 0.0953. The number of imidazole rings is 1. The second-order valence-corrected chi connectivity index (χ2v) is 6.24. The molecule has 4 rings (SSSR count). The highest BCUT2D eigenvalue weighted by molar-refractivity contribution is 5.95. The lowest BCUT2D eigenvalue weighted by Crippen LogP contribution is -2.26. The molecule has 0 unspecified atom stereocenters. The fourth-order valence-electron chi connectivity index (χ4n) is 2.89. The molecule has 140 valence electrons. The fourth-order valence-corrected chi connectivity index (χ4v) is 2.89. The molecule has 0 spiro atoms. The number of amides is 1. The van der Waals surface area contributed by atoms with Crippen molar-refractivity contribution in [3.05, 3.63) is 82.2 Å². The molecule has 4 aromatic rings. The van der Waals surface area contributed by atoms with Gasteiger partial charge in [-0.05, 0) is 36.4 Å². The van der Waals surface area contributed by atoms with Crippen LogP contribution in [0.2, 0.25) is 0 Å². The van der Waals surface area contributed by atoms with E-state index in [1.165, 1.54) is 24.3 Å². The van der Waals surface area contributed by atoms with Gasteiger partial charge in [0.2, 0.25) is 0 Å². The molecule has 0 aliphatic carbocycles. The summed E-state index contributed by atoms with van der Waals surface area (Å²) in [6.07, 6.45) is 0.518. The maximum absolute atomic E-state index is 14.0. The predicted octanol–water partition coefficient (Wildman–Crippen LogP) is 2.42. The normalized spacial score (nSPS) is 10.9. The van der Waals surface area contributed by atoms with Gasteiger partial charge in [-0.1, -0.05) is 12.1 Å². The molecule has 0 aliphatic heterocycles. The van der Waals surface area contributed by atoms with Crippen LogP contribution in [0, 0.1) is 5.82 Å². The Morgan fingerprint density at radius 2 is 1.96 bits per heavy atom. The van der Waals surface area contributed by atoms with Crippen LogP contribution in [0.1, 0.15) is 16.2 Å². The standard InChI is InChI=1S/C20H16FN5O2/c21-14-10-12(15-5-6-19(27)26-25-15)9-13(11-14)20(28)22-8-7-18-23-16-3-1-2-4-17(16)24-18/h1-6,9-11H,7-8H2,(H,22,28)(H,23,24)(H,26,27). The molecule has 0 atom stereocenters. The van der Waals surface area contributed by atoms with E-state index in [9.17, 15) is 14.0 Å². The van der Waals surface area contributed by atoms with Gasteiger partial charge in [-0.3, -0.25) is 9.59 Å². The largest absolute Gasteiger partial charge is 0.352 e. The third-order valence-electron chi connectivity index (χ3n) is 4.22. The quantitative estimate of drug-likeness (QED) is 0.497. The van der Waals surface area contributed by atoms with Crippen molar-refractivity contribution in [2.75, 3.05) is 6.54 Å². The summed E-state index contributed by atoms with van der Waals surface area (Å²) in [7, 11) is 0. The Balaban J connectivity index is 1.45. The van der Waals surface area contributed by atoms with Crippen molar-refractivity contribution < 1.29 is 9.18 Å². The average molecular weight is 377 g/mol. The molecule has 8 heteroatoms. The van der Waals surface area contributed by atoms with Gasteiger partial charge in [0, 0.05) is 30.2 Å². The molecule has 0 bridgehead atoms. The second kappa shape index (κ2) is 7.43. The van der Waals surface area contributed by atoms with Crippen LogP contribution in [0.3, 0.4) is 0 Å². The highest BCUT2D eigenvalue weighted by Crippen LogP contribution is 2.19. The zero-order valence-corrected chi connectivity index (χ0v) is 14.7. The summed E-state index contributed by atoms with van der Waals surface area (Å²) >= 11 is 0. The number of rotatable bonds is 5. The first-order chi connectivity index (χ1) is 13.6. The molecule has 0 saturated carbocycles. The number of carbonyl (C=O) groups is 1. The second-order valence-electron chi connectivity index (χ2n) is 6.24. The van der Waals surface area contributed by atoms with Crippen molar-refractivity contribution in [2.45, 2.75) is 6.42 Å². The predicted molar refractivity (Wildman–Crippen MR) is 102 cm³/mol. The van der Waals surface area contributed by atoms with Crippen LogP contribution in [-0.4, -0.2) is 32.6 Å². The number of fused-ring (bicyclic) bond motifs is 1. The minimum atomic E-state index is -0.562. The summed E-state index contributed by atoms with van der Waals surface area (Å²) in [4.78, 5) is 31.2. The van der Waals surface area contributed by atoms with Crippen molar-refractivity contribution in [1.29, 1.82) is 0 Å². The SMILES string of the molecule is O=C(NCCc1nc2ccccc2[nH]1)c1cc(F)cc(-c2ccc(=O)[nH]n2)c1. The molecule has 0 saturated heterocycles. The van der Waals surface area contributed by atoms with Gasteiger partial charge < -0.3 is 10.3 Å². The summed E-state index contributed by atoms with van der Waals surface area (Å²) in [5.74, 6) is -0.201. The van der Waals surface area contributed by atoms with Crippen LogP contribution in [0.25, 0.3) is 22.3 Å². The zero-order valence-electron chi connectivity index (χ0n) is 14.7. The Morgan fingerprint density at radius 3 is 2.75 bits per heavy atom. The van der Waals surface area contributed by atoms with Gasteiger partial charge in [-0.25, -0.2) is 14.5 Å². The minimum absolute atomic E-state index is 0.174. The van der Waals surface area contributed by atoms with Gasteiger partial charge in [-0.15, -0.1) is 0 Å². The first-order valence-electron chi connectivity index (χ1n) is 8.67. The van der Waals surface area contributed by atoms with E-state index in [1.54, 1.807) is 0 Å². The first-order valence-corrected chi connectivity index (χ1v) is 8.67. The molecule has 2 heterocycles. The number of hydrogen-bond donors (Lipinski definition) is 3. The van der Waals surface area contributed by atoms with Crippen molar-refractivity contribution in [2.24, 2.45) is 0 Å². The van der Waals surface area contributed by atoms with Gasteiger partial charge in [0.25, 0.3) is 11.5 Å². The van der Waals surface area contributed by atoms with Gasteiger partial charge >= 0.3 is 0 Å². The number of nitrogens with one attached hydrogen (secondary N) is 3. The average Bonchev–Trinajstić information content (AvgIpc) is 3.10. The highest BCUT2D eigenvalue weighted by atomic mass is 19.1. The third-order valence-corrected chi connectivity index (χ3v) is 4.22. The van der Waals surface area contributed by atoms with Gasteiger partial charge in [0.1, 0.15) is 11.6 Å². The zero-order chi connectivity index (χ0) is 19.5. The number of nitrogens with zero attached hydrogens (tertiary/aromatic N) is 2. The number of H-pyrrole nitrogens is 2. The van der Waals surface area contributed by atoms with Crippen LogP contribution in [0.4, 0.5) is 4.39 Å². The van der Waals surface area contributed by atoms with Crippen molar-refractivity contribution in [3.63, 3.8) is 0 Å². The van der Waals surface area contributed by atoms with E-state index in [2.05, 4.69) is 25.5 Å². The summed E-state index contributed by atoms with van der Waals surface area (Å²) < 4.78 is 14.0. The number of aromatic nitrogens is 4. The molecular formula is C20H16FN5O2. The summed E-state index contributed by atoms with van der Waals surface area (Å²) in [6.45, 7) is 0.349. The number of aromatic amines is 2. The smallest absolute Gasteiger partial charge is 0.264 e. The summed E-state index contributed by atoms with van der Waals surface area (Å²) in [5, 5.41) is 8.92. The summed E-state index contributed by atoms with van der Waals surface area (Å²) in [6, 6.07) is 14.4. The molecule has 3 N–H and O–H groups in total. The molecule has 2 aromatic carbocycles. The fraction of sp³-hybridized carbons (Fsp3) is 0.100. The third kappa shape index (κ3) is 3.80. The number of carbonyl (C=O) groups excluding carboxylic acids is 1. The van der Waals surface area contributed by atoms with Crippen LogP contribution >= 0.6 is 0 Å². The lowest BCUT2D eigenvalue weighted by atomic mass is 10.1. The minimum Gasteiger partial charge on any atom is -0.352 e. The van der Waals surface area contributed by atoms with E-state index in [0.717, 1.165) is 22.9 Å². The van der Waals surface area contributed by atoms with Crippen molar-refractivity contribution >= 4 is 16.9 Å². The summed E-state index contributed by atoms with van der Waals surface area (Å²) in [5.41, 5.74) is 2.39. The molecule has 0 radical (unpaired) electrons. The van der Waals surface area contributed by atoms with E-state index in [0.29, 0.717) is 24.2 Å². The Morgan fingerprint density at radius 1 is 1.11 bits per heavy atom. The molecule has 2 aromatic heterocycles. The topological polar surface area (TPSA) is 104 Å². The number of para-hydroxylation sites is 2. The van der Waals surface area contributed by atoms with Crippen LogP contribution in [-0.2, 0) is 6.42 Å². The monoisotopic (exact) mass is 377 g/mol. The Kier molecular flexibility index (Phi) is 4.67. The van der Waals surface area contributed by atoms with Crippen LogP contribution in [0.15, 0.2) is 59.4 Å². The Labute approximate surface area is 158 Å². The molecule has 28 heavy (non-hydrogen) atoms. The maximum Gasteiger partial charge on any atom is 0.264 e.